The molecule has 3 nitrogen and oxygen atoms in total. The number of aryl methyl sites for hydroxylation is 2. The number of nitrogens with one attached hydrogen (secondary N) is 1. The molecule has 0 fully saturated rings. The zero-order chi connectivity index (χ0) is 12.3. The molecule has 0 aliphatic carbocycles. The molecule has 0 aromatic carbocycles. The third-order valence-corrected chi connectivity index (χ3v) is 4.34. The zero-order valence-corrected chi connectivity index (χ0v) is 12.5. The van der Waals surface area contributed by atoms with Gasteiger partial charge in [-0.3, -0.25) is 4.68 Å². The number of aromatic nitrogens is 2. The number of rotatable bonds is 5. The predicted molar refractivity (Wildman–Crippen MR) is 71.7 cm³/mol. The minimum Gasteiger partial charge on any atom is -0.319 e. The fraction of sp³-hybridized carbons (Fsp3) is 0.750. The van der Waals surface area contributed by atoms with E-state index in [1.54, 1.807) is 0 Å². The van der Waals surface area contributed by atoms with Crippen LogP contribution in [-0.4, -0.2) is 23.4 Å². The van der Waals surface area contributed by atoms with Crippen molar-refractivity contribution in [2.24, 2.45) is 12.5 Å². The fourth-order valence-electron chi connectivity index (χ4n) is 2.02. The molecule has 1 aromatic rings. The van der Waals surface area contributed by atoms with Gasteiger partial charge in [-0.05, 0) is 48.2 Å². The summed E-state index contributed by atoms with van der Waals surface area (Å²) in [6.45, 7) is 7.63. The molecule has 0 radical (unpaired) electrons. The molecule has 1 aromatic heterocycles. The topological polar surface area (TPSA) is 29.9 Å². The monoisotopic (exact) mass is 287 g/mol. The number of hydrogen-bond acceptors (Lipinski definition) is 2. The molecule has 16 heavy (non-hydrogen) atoms. The molecule has 0 amide bonds. The Balaban J connectivity index is 2.93. The molecule has 4 heteroatoms. The molecule has 1 N–H and O–H groups in total. The number of halogens is 1. The largest absolute Gasteiger partial charge is 0.319 e. The van der Waals surface area contributed by atoms with E-state index in [1.165, 1.54) is 5.69 Å². The second-order valence-corrected chi connectivity index (χ2v) is 5.63. The van der Waals surface area contributed by atoms with Crippen LogP contribution in [0.25, 0.3) is 0 Å². The molecular formula is C12H22BrN3. The maximum atomic E-state index is 4.44. The highest BCUT2D eigenvalue weighted by atomic mass is 79.9. The minimum atomic E-state index is 0.289. The lowest BCUT2D eigenvalue weighted by molar-refractivity contribution is 0.291. The summed E-state index contributed by atoms with van der Waals surface area (Å²) < 4.78 is 3.15. The van der Waals surface area contributed by atoms with Crippen LogP contribution in [0.15, 0.2) is 4.47 Å². The van der Waals surface area contributed by atoms with Crippen molar-refractivity contribution < 1.29 is 0 Å². The molecule has 1 rings (SSSR count). The normalized spacial score (nSPS) is 15.1. The Bertz CT molecular complexity index is 359. The van der Waals surface area contributed by atoms with Crippen LogP contribution in [0.1, 0.15) is 31.7 Å². The molecule has 0 saturated carbocycles. The lowest BCUT2D eigenvalue weighted by Crippen LogP contribution is -2.32. The Labute approximate surface area is 107 Å². The van der Waals surface area contributed by atoms with Crippen LogP contribution >= 0.6 is 15.9 Å². The Morgan fingerprint density at radius 3 is 2.50 bits per heavy atom. The van der Waals surface area contributed by atoms with E-state index in [-0.39, 0.29) is 5.41 Å². The lowest BCUT2D eigenvalue weighted by atomic mass is 9.82. The van der Waals surface area contributed by atoms with Crippen LogP contribution in [0.2, 0.25) is 0 Å². The smallest absolute Gasteiger partial charge is 0.0738 e. The first-order valence-corrected chi connectivity index (χ1v) is 6.55. The summed E-state index contributed by atoms with van der Waals surface area (Å²) >= 11 is 3.63. The van der Waals surface area contributed by atoms with E-state index in [2.05, 4.69) is 40.2 Å². The molecule has 0 spiro atoms. The van der Waals surface area contributed by atoms with Crippen LogP contribution in [0.4, 0.5) is 0 Å². The van der Waals surface area contributed by atoms with Crippen molar-refractivity contribution in [3.63, 3.8) is 0 Å². The first-order chi connectivity index (χ1) is 7.43. The van der Waals surface area contributed by atoms with Gasteiger partial charge in [0.2, 0.25) is 0 Å². The molecule has 1 atom stereocenters. The van der Waals surface area contributed by atoms with Crippen LogP contribution in [0, 0.1) is 12.3 Å². The van der Waals surface area contributed by atoms with Gasteiger partial charge >= 0.3 is 0 Å². The van der Waals surface area contributed by atoms with Gasteiger partial charge in [0.1, 0.15) is 0 Å². The molecule has 0 bridgehead atoms. The van der Waals surface area contributed by atoms with Crippen LogP contribution in [-0.2, 0) is 13.5 Å². The van der Waals surface area contributed by atoms with E-state index in [9.17, 15) is 0 Å². The maximum Gasteiger partial charge on any atom is 0.0738 e. The molecule has 1 heterocycles. The summed E-state index contributed by atoms with van der Waals surface area (Å²) in [5, 5.41) is 7.72. The van der Waals surface area contributed by atoms with Crippen molar-refractivity contribution in [1.29, 1.82) is 0 Å². The molecule has 0 aliphatic heterocycles. The minimum absolute atomic E-state index is 0.289. The average molecular weight is 288 g/mol. The van der Waals surface area contributed by atoms with Gasteiger partial charge < -0.3 is 5.32 Å². The molecular weight excluding hydrogens is 266 g/mol. The third kappa shape index (κ3) is 2.86. The van der Waals surface area contributed by atoms with Crippen molar-refractivity contribution in [3.8, 4) is 0 Å². The zero-order valence-electron chi connectivity index (χ0n) is 10.9. The highest BCUT2D eigenvalue weighted by Crippen LogP contribution is 2.30. The standard InChI is InChI=1S/C12H22BrN3/c1-6-12(3,8-14-4)7-10-11(13)9(2)15-16(10)5/h14H,6-8H2,1-5H3. The van der Waals surface area contributed by atoms with Gasteiger partial charge in [0.05, 0.1) is 15.9 Å². The van der Waals surface area contributed by atoms with Crippen molar-refractivity contribution in [3.05, 3.63) is 15.9 Å². The van der Waals surface area contributed by atoms with Crippen molar-refractivity contribution >= 4 is 15.9 Å². The van der Waals surface area contributed by atoms with Gasteiger partial charge in [-0.1, -0.05) is 13.8 Å². The van der Waals surface area contributed by atoms with Gasteiger partial charge in [-0.15, -0.1) is 0 Å². The summed E-state index contributed by atoms with van der Waals surface area (Å²) in [6, 6.07) is 0. The number of hydrogen-bond donors (Lipinski definition) is 1. The highest BCUT2D eigenvalue weighted by Gasteiger charge is 2.25. The van der Waals surface area contributed by atoms with E-state index in [0.717, 1.165) is 29.6 Å². The summed E-state index contributed by atoms with van der Waals surface area (Å²) in [5.74, 6) is 0. The maximum absolute atomic E-state index is 4.44. The van der Waals surface area contributed by atoms with E-state index in [1.807, 2.05) is 25.7 Å². The van der Waals surface area contributed by atoms with Crippen LogP contribution < -0.4 is 5.32 Å². The van der Waals surface area contributed by atoms with Crippen molar-refractivity contribution in [1.82, 2.24) is 15.1 Å². The van der Waals surface area contributed by atoms with Gasteiger partial charge in [0.25, 0.3) is 0 Å². The second-order valence-electron chi connectivity index (χ2n) is 4.84. The average Bonchev–Trinajstić information content (AvgIpc) is 2.46. The Hall–Kier alpha value is -0.350. The van der Waals surface area contributed by atoms with E-state index in [4.69, 9.17) is 0 Å². The summed E-state index contributed by atoms with van der Waals surface area (Å²) in [5.41, 5.74) is 2.65. The second kappa shape index (κ2) is 5.32. The van der Waals surface area contributed by atoms with Crippen molar-refractivity contribution in [2.45, 2.75) is 33.6 Å². The van der Waals surface area contributed by atoms with Crippen LogP contribution in [0.5, 0.6) is 0 Å². The lowest BCUT2D eigenvalue weighted by Gasteiger charge is -2.28. The predicted octanol–water partition coefficient (Wildman–Crippen LogP) is 2.67. The number of nitrogens with zero attached hydrogens (tertiary/aromatic N) is 2. The molecule has 0 aliphatic rings. The van der Waals surface area contributed by atoms with Gasteiger partial charge in [0.15, 0.2) is 0 Å². The Morgan fingerprint density at radius 2 is 2.12 bits per heavy atom. The van der Waals surface area contributed by atoms with Crippen molar-refractivity contribution in [2.75, 3.05) is 13.6 Å². The van der Waals surface area contributed by atoms with Gasteiger partial charge in [-0.2, -0.15) is 5.10 Å². The summed E-state index contributed by atoms with van der Waals surface area (Å²) in [6.07, 6.45) is 2.20. The van der Waals surface area contributed by atoms with Gasteiger partial charge in [0, 0.05) is 13.6 Å². The quantitative estimate of drug-likeness (QED) is 0.902. The first kappa shape index (κ1) is 13.7. The summed E-state index contributed by atoms with van der Waals surface area (Å²) in [7, 11) is 4.03. The van der Waals surface area contributed by atoms with E-state index < -0.39 is 0 Å². The van der Waals surface area contributed by atoms with Gasteiger partial charge in [-0.25, -0.2) is 0 Å². The summed E-state index contributed by atoms with van der Waals surface area (Å²) in [4.78, 5) is 0. The molecule has 92 valence electrons. The SMILES string of the molecule is CCC(C)(CNC)Cc1c(Br)c(C)nn1C. The van der Waals surface area contributed by atoms with Crippen LogP contribution in [0.3, 0.4) is 0 Å². The Morgan fingerprint density at radius 1 is 1.50 bits per heavy atom. The third-order valence-electron chi connectivity index (χ3n) is 3.31. The van der Waals surface area contributed by atoms with E-state index >= 15 is 0 Å². The molecule has 1 unspecified atom stereocenters. The Kier molecular flexibility index (Phi) is 4.56. The first-order valence-electron chi connectivity index (χ1n) is 5.76. The van der Waals surface area contributed by atoms with E-state index in [0.29, 0.717) is 0 Å². The molecule has 0 saturated heterocycles. The fourth-order valence-corrected chi connectivity index (χ4v) is 2.49. The highest BCUT2D eigenvalue weighted by molar-refractivity contribution is 9.10.